The molecule has 1 fully saturated rings. The van der Waals surface area contributed by atoms with Gasteiger partial charge in [-0.1, -0.05) is 35.9 Å². The van der Waals surface area contributed by atoms with Crippen molar-refractivity contribution in [2.45, 2.75) is 43.7 Å². The number of hydrogen-bond acceptors (Lipinski definition) is 6. The highest BCUT2D eigenvalue weighted by molar-refractivity contribution is 6.31. The molecule has 0 amide bonds. The molecule has 28 heavy (non-hydrogen) atoms. The molecule has 1 aliphatic rings. The maximum absolute atomic E-state index is 10.4. The van der Waals surface area contributed by atoms with Crippen molar-refractivity contribution in [3.8, 4) is 5.75 Å². The van der Waals surface area contributed by atoms with Crippen molar-refractivity contribution in [2.24, 2.45) is 0 Å². The highest BCUT2D eigenvalue weighted by atomic mass is 35.5. The Morgan fingerprint density at radius 1 is 1.00 bits per heavy atom. The lowest BCUT2D eigenvalue weighted by atomic mass is 9.86. The van der Waals surface area contributed by atoms with Gasteiger partial charge in [0.05, 0.1) is 31.4 Å². The molecule has 1 unspecified atom stereocenters. The zero-order valence-electron chi connectivity index (χ0n) is 15.6. The molecule has 0 bridgehead atoms. The zero-order valence-corrected chi connectivity index (χ0v) is 16.4. The molecule has 6 nitrogen and oxygen atoms in total. The Hall–Kier alpha value is -1.67. The average molecular weight is 408 g/mol. The van der Waals surface area contributed by atoms with Gasteiger partial charge in [0.15, 0.2) is 0 Å². The van der Waals surface area contributed by atoms with E-state index in [9.17, 15) is 20.4 Å². The smallest absolute Gasteiger partial charge is 0.119 e. The number of piperidine rings is 1. The van der Waals surface area contributed by atoms with Gasteiger partial charge in [0.1, 0.15) is 18.0 Å². The molecule has 3 rings (SSSR count). The van der Waals surface area contributed by atoms with Crippen molar-refractivity contribution < 1.29 is 25.2 Å². The fourth-order valence-electron chi connectivity index (χ4n) is 3.53. The van der Waals surface area contributed by atoms with E-state index in [-0.39, 0.29) is 6.61 Å². The molecular weight excluding hydrogens is 382 g/mol. The summed E-state index contributed by atoms with van der Waals surface area (Å²) in [6.45, 7) is 2.19. The molecule has 152 valence electrons. The third-order valence-electron chi connectivity index (χ3n) is 5.10. The maximum atomic E-state index is 10.4. The van der Waals surface area contributed by atoms with Crippen molar-refractivity contribution in [2.75, 3.05) is 13.2 Å². The van der Waals surface area contributed by atoms with Gasteiger partial charge in [-0.3, -0.25) is 0 Å². The predicted octanol–water partition coefficient (Wildman–Crippen LogP) is 1.42. The summed E-state index contributed by atoms with van der Waals surface area (Å²) in [6, 6.07) is 11.8. The number of rotatable bonds is 6. The van der Waals surface area contributed by atoms with Crippen LogP contribution in [0.25, 0.3) is 0 Å². The molecule has 0 radical (unpaired) electrons. The lowest BCUT2D eigenvalue weighted by molar-refractivity contribution is -0.120. The van der Waals surface area contributed by atoms with E-state index in [1.54, 1.807) is 12.1 Å². The molecule has 1 heterocycles. The van der Waals surface area contributed by atoms with E-state index in [4.69, 9.17) is 16.3 Å². The first kappa shape index (κ1) is 21.0. The molecule has 7 heteroatoms. The van der Waals surface area contributed by atoms with Crippen LogP contribution in [0.4, 0.5) is 0 Å². The van der Waals surface area contributed by atoms with Gasteiger partial charge in [-0.25, -0.2) is 0 Å². The Morgan fingerprint density at radius 3 is 2.36 bits per heavy atom. The van der Waals surface area contributed by atoms with Crippen LogP contribution in [0.3, 0.4) is 0 Å². The first-order valence-electron chi connectivity index (χ1n) is 9.35. The molecule has 2 aromatic carbocycles. The van der Waals surface area contributed by atoms with Gasteiger partial charge in [0.2, 0.25) is 0 Å². The number of hydrogen-bond donors (Lipinski definition) is 5. The largest absolute Gasteiger partial charge is 0.494 e. The molecule has 2 aromatic rings. The van der Waals surface area contributed by atoms with Gasteiger partial charge in [-0.15, -0.1) is 0 Å². The van der Waals surface area contributed by atoms with E-state index in [0.29, 0.717) is 18.1 Å². The quantitative estimate of drug-likeness (QED) is 0.496. The number of benzene rings is 2. The average Bonchev–Trinajstić information content (AvgIpc) is 2.70. The van der Waals surface area contributed by atoms with Crippen molar-refractivity contribution >= 4 is 11.6 Å². The van der Waals surface area contributed by atoms with Crippen LogP contribution in [0.1, 0.15) is 29.7 Å². The molecule has 0 aliphatic carbocycles. The Morgan fingerprint density at radius 2 is 1.71 bits per heavy atom. The van der Waals surface area contributed by atoms with Crippen LogP contribution in [0.15, 0.2) is 42.5 Å². The first-order valence-corrected chi connectivity index (χ1v) is 9.73. The van der Waals surface area contributed by atoms with Crippen molar-refractivity contribution in [3.63, 3.8) is 0 Å². The van der Waals surface area contributed by atoms with Crippen LogP contribution in [0.2, 0.25) is 5.02 Å². The van der Waals surface area contributed by atoms with Gasteiger partial charge in [-0.2, -0.15) is 0 Å². The molecule has 0 spiro atoms. The van der Waals surface area contributed by atoms with Crippen LogP contribution in [-0.2, 0) is 6.42 Å². The van der Waals surface area contributed by atoms with Crippen molar-refractivity contribution in [1.29, 1.82) is 0 Å². The molecule has 1 aliphatic heterocycles. The van der Waals surface area contributed by atoms with Gasteiger partial charge < -0.3 is 30.5 Å². The topological polar surface area (TPSA) is 102 Å². The van der Waals surface area contributed by atoms with Gasteiger partial charge >= 0.3 is 0 Å². The third-order valence-corrected chi connectivity index (χ3v) is 5.47. The number of halogens is 1. The van der Waals surface area contributed by atoms with Crippen molar-refractivity contribution in [3.05, 3.63) is 64.2 Å². The van der Waals surface area contributed by atoms with E-state index in [1.165, 1.54) is 0 Å². The number of ether oxygens (including phenoxy) is 1. The maximum Gasteiger partial charge on any atom is 0.119 e. The standard InChI is InChI=1S/C21H26ClNO5/c1-2-28-15-6-3-12(4-7-15)9-14-10-13(5-8-16(14)22)18-20(26)21(27)19(25)17(11-24)23-18/h3-8,10,17-21,23-27H,2,9,11H2,1H3/t17-,18+,19?,20+,21+/m1/s1. The number of nitrogens with one attached hydrogen (secondary N) is 1. The second-order valence-electron chi connectivity index (χ2n) is 7.01. The normalized spacial score (nSPS) is 27.6. The fraction of sp³-hybridized carbons (Fsp3) is 0.429. The highest BCUT2D eigenvalue weighted by Crippen LogP contribution is 2.30. The second kappa shape index (κ2) is 9.22. The second-order valence-corrected chi connectivity index (χ2v) is 7.42. The van der Waals surface area contributed by atoms with Crippen LogP contribution >= 0.6 is 11.6 Å². The Labute approximate surface area is 169 Å². The van der Waals surface area contributed by atoms with E-state index >= 15 is 0 Å². The summed E-state index contributed by atoms with van der Waals surface area (Å²) < 4.78 is 5.46. The lowest BCUT2D eigenvalue weighted by Gasteiger charge is -2.41. The van der Waals surface area contributed by atoms with Crippen LogP contribution < -0.4 is 10.1 Å². The summed E-state index contributed by atoms with van der Waals surface area (Å²) in [7, 11) is 0. The minimum absolute atomic E-state index is 0.353. The van der Waals surface area contributed by atoms with Crippen molar-refractivity contribution in [1.82, 2.24) is 5.32 Å². The Balaban J connectivity index is 1.82. The van der Waals surface area contributed by atoms with Gasteiger partial charge in [-0.05, 0) is 48.2 Å². The van der Waals surface area contributed by atoms with Crippen LogP contribution in [0, 0.1) is 0 Å². The Bertz CT molecular complexity index is 783. The first-order chi connectivity index (χ1) is 13.4. The Kier molecular flexibility index (Phi) is 6.93. The minimum atomic E-state index is -1.35. The third kappa shape index (κ3) is 4.49. The number of aliphatic hydroxyl groups is 4. The van der Waals surface area contributed by atoms with Gasteiger partial charge in [0.25, 0.3) is 0 Å². The zero-order chi connectivity index (χ0) is 20.3. The lowest BCUT2D eigenvalue weighted by Crippen LogP contribution is -2.62. The van der Waals surface area contributed by atoms with E-state index in [0.717, 1.165) is 22.4 Å². The highest BCUT2D eigenvalue weighted by Gasteiger charge is 2.42. The SMILES string of the molecule is CCOc1ccc(Cc2cc([C@@H]3N[C@H](CO)C(O)[C@H](O)[C@H]3O)ccc2Cl)cc1. The molecule has 5 atom stereocenters. The summed E-state index contributed by atoms with van der Waals surface area (Å²) in [5, 5.41) is 43.5. The van der Waals surface area contributed by atoms with Crippen LogP contribution in [-0.4, -0.2) is 58.0 Å². The molecule has 0 saturated carbocycles. The number of aliphatic hydroxyl groups excluding tert-OH is 4. The van der Waals surface area contributed by atoms with Gasteiger partial charge in [0, 0.05) is 5.02 Å². The van der Waals surface area contributed by atoms with E-state index in [2.05, 4.69) is 5.32 Å². The predicted molar refractivity (Wildman–Crippen MR) is 107 cm³/mol. The molecule has 1 saturated heterocycles. The fourth-order valence-corrected chi connectivity index (χ4v) is 3.72. The van der Waals surface area contributed by atoms with E-state index < -0.39 is 30.4 Å². The molecular formula is C21H26ClNO5. The summed E-state index contributed by atoms with van der Waals surface area (Å²) in [5.41, 5.74) is 2.66. The molecule has 5 N–H and O–H groups in total. The monoisotopic (exact) mass is 407 g/mol. The molecule has 0 aromatic heterocycles. The van der Waals surface area contributed by atoms with Crippen LogP contribution in [0.5, 0.6) is 5.75 Å². The summed E-state index contributed by atoms with van der Waals surface area (Å²) in [5.74, 6) is 0.809. The summed E-state index contributed by atoms with van der Waals surface area (Å²) in [4.78, 5) is 0. The summed E-state index contributed by atoms with van der Waals surface area (Å²) >= 11 is 6.37. The minimum Gasteiger partial charge on any atom is -0.494 e. The van der Waals surface area contributed by atoms with E-state index in [1.807, 2.05) is 37.3 Å². The summed E-state index contributed by atoms with van der Waals surface area (Å²) in [6.07, 6.45) is -3.21.